The van der Waals surface area contributed by atoms with Crippen LogP contribution in [-0.2, 0) is 6.54 Å². The number of H-pyrrole nitrogens is 1. The monoisotopic (exact) mass is 336 g/mol. The number of nitrogens with one attached hydrogen (secondary N) is 2. The number of para-hydroxylation sites is 1. The van der Waals surface area contributed by atoms with Crippen molar-refractivity contribution >= 4 is 16.8 Å². The summed E-state index contributed by atoms with van der Waals surface area (Å²) in [5.74, 6) is -0.0202. The standard InChI is InChI=1S/C17H16N6O2/c24-16(19-6-3-8-23-9-7-18-11-23)17-21-15(22-25-17)13-10-20-14-5-2-1-4-12(13)14/h1-2,4-5,7,9-11,20H,3,6,8H2,(H,19,24). The molecule has 8 nitrogen and oxygen atoms in total. The summed E-state index contributed by atoms with van der Waals surface area (Å²) in [7, 11) is 0. The van der Waals surface area contributed by atoms with E-state index < -0.39 is 0 Å². The number of rotatable bonds is 6. The van der Waals surface area contributed by atoms with Gasteiger partial charge in [0.05, 0.1) is 6.33 Å². The van der Waals surface area contributed by atoms with Crippen LogP contribution in [0.2, 0.25) is 0 Å². The second-order valence-electron chi connectivity index (χ2n) is 5.58. The molecular weight excluding hydrogens is 320 g/mol. The first-order valence-corrected chi connectivity index (χ1v) is 7.95. The number of carbonyl (C=O) groups is 1. The molecule has 2 N–H and O–H groups in total. The van der Waals surface area contributed by atoms with E-state index in [-0.39, 0.29) is 11.8 Å². The number of benzene rings is 1. The predicted octanol–water partition coefficient (Wildman–Crippen LogP) is 2.23. The molecule has 126 valence electrons. The van der Waals surface area contributed by atoms with Crippen molar-refractivity contribution < 1.29 is 9.32 Å². The minimum Gasteiger partial charge on any atom is -0.360 e. The summed E-state index contributed by atoms with van der Waals surface area (Å²) >= 11 is 0. The third-order valence-electron chi connectivity index (χ3n) is 3.89. The largest absolute Gasteiger partial charge is 0.360 e. The second-order valence-corrected chi connectivity index (χ2v) is 5.58. The number of amides is 1. The molecule has 8 heteroatoms. The first-order valence-electron chi connectivity index (χ1n) is 7.95. The Balaban J connectivity index is 1.39. The first-order chi connectivity index (χ1) is 12.3. The highest BCUT2D eigenvalue weighted by Gasteiger charge is 2.17. The molecule has 4 rings (SSSR count). The average Bonchev–Trinajstić information content (AvgIpc) is 3.38. The van der Waals surface area contributed by atoms with Crippen LogP contribution >= 0.6 is 0 Å². The van der Waals surface area contributed by atoms with Gasteiger partial charge in [0.2, 0.25) is 5.82 Å². The van der Waals surface area contributed by atoms with Crippen LogP contribution in [0.1, 0.15) is 17.1 Å². The molecule has 0 radical (unpaired) electrons. The molecule has 0 fully saturated rings. The van der Waals surface area contributed by atoms with Crippen molar-refractivity contribution in [1.82, 2.24) is 30.0 Å². The number of aromatic amines is 1. The molecule has 0 aliphatic rings. The molecule has 0 spiro atoms. The topological polar surface area (TPSA) is 102 Å². The van der Waals surface area contributed by atoms with Gasteiger partial charge in [-0.1, -0.05) is 23.4 Å². The predicted molar refractivity (Wildman–Crippen MR) is 90.8 cm³/mol. The van der Waals surface area contributed by atoms with Gasteiger partial charge >= 0.3 is 11.8 Å². The van der Waals surface area contributed by atoms with Crippen LogP contribution in [0.15, 0.2) is 53.7 Å². The lowest BCUT2D eigenvalue weighted by Gasteiger charge is -2.02. The highest BCUT2D eigenvalue weighted by molar-refractivity contribution is 5.94. The number of aromatic nitrogens is 5. The summed E-state index contributed by atoms with van der Waals surface area (Å²) in [5.41, 5.74) is 1.78. The molecule has 0 saturated heterocycles. The van der Waals surface area contributed by atoms with Crippen molar-refractivity contribution in [2.75, 3.05) is 6.54 Å². The zero-order chi connectivity index (χ0) is 17.1. The Morgan fingerprint density at radius 1 is 1.32 bits per heavy atom. The van der Waals surface area contributed by atoms with Crippen molar-refractivity contribution in [3.63, 3.8) is 0 Å². The molecule has 0 aliphatic heterocycles. The Morgan fingerprint density at radius 2 is 2.24 bits per heavy atom. The van der Waals surface area contributed by atoms with Crippen LogP contribution in [0.5, 0.6) is 0 Å². The van der Waals surface area contributed by atoms with E-state index in [9.17, 15) is 4.79 Å². The number of nitrogens with zero attached hydrogens (tertiary/aromatic N) is 4. The van der Waals surface area contributed by atoms with Gasteiger partial charge in [0.25, 0.3) is 0 Å². The Kier molecular flexibility index (Phi) is 3.99. The molecule has 1 amide bonds. The summed E-state index contributed by atoms with van der Waals surface area (Å²) in [6, 6.07) is 7.81. The molecule has 3 heterocycles. The molecule has 25 heavy (non-hydrogen) atoms. The number of hydrogen-bond acceptors (Lipinski definition) is 5. The van der Waals surface area contributed by atoms with E-state index >= 15 is 0 Å². The van der Waals surface area contributed by atoms with E-state index in [1.54, 1.807) is 12.5 Å². The maximum atomic E-state index is 12.1. The third-order valence-corrected chi connectivity index (χ3v) is 3.89. The molecule has 3 aromatic heterocycles. The van der Waals surface area contributed by atoms with Gasteiger partial charge in [0.1, 0.15) is 0 Å². The highest BCUT2D eigenvalue weighted by atomic mass is 16.5. The maximum absolute atomic E-state index is 12.1. The fourth-order valence-corrected chi connectivity index (χ4v) is 2.64. The lowest BCUT2D eigenvalue weighted by molar-refractivity contribution is 0.0909. The smallest absolute Gasteiger partial charge is 0.316 e. The van der Waals surface area contributed by atoms with Crippen molar-refractivity contribution in [3.8, 4) is 11.4 Å². The quantitative estimate of drug-likeness (QED) is 0.526. The van der Waals surface area contributed by atoms with Gasteiger partial charge in [0, 0.05) is 48.1 Å². The lowest BCUT2D eigenvalue weighted by atomic mass is 10.2. The van der Waals surface area contributed by atoms with Gasteiger partial charge in [-0.3, -0.25) is 4.79 Å². The van der Waals surface area contributed by atoms with Crippen LogP contribution in [0.3, 0.4) is 0 Å². The van der Waals surface area contributed by atoms with Gasteiger partial charge < -0.3 is 19.4 Å². The third kappa shape index (κ3) is 3.14. The summed E-state index contributed by atoms with van der Waals surface area (Å²) in [5, 5.41) is 7.68. The van der Waals surface area contributed by atoms with Crippen LogP contribution in [0, 0.1) is 0 Å². The molecule has 0 atom stereocenters. The van der Waals surface area contributed by atoms with Gasteiger partial charge in [-0.25, -0.2) is 4.98 Å². The number of hydrogen-bond donors (Lipinski definition) is 2. The van der Waals surface area contributed by atoms with Crippen LogP contribution < -0.4 is 5.32 Å². The SMILES string of the molecule is O=C(NCCCn1ccnc1)c1nc(-c2c[nH]c3ccccc23)no1. The first kappa shape index (κ1) is 15.1. The Hall–Kier alpha value is -3.42. The minimum absolute atomic E-state index is 0.0390. The number of imidazole rings is 1. The van der Waals surface area contributed by atoms with E-state index in [1.165, 1.54) is 0 Å². The highest BCUT2D eigenvalue weighted by Crippen LogP contribution is 2.26. The van der Waals surface area contributed by atoms with Crippen molar-refractivity contribution in [3.05, 3.63) is 55.1 Å². The van der Waals surface area contributed by atoms with Crippen molar-refractivity contribution in [2.45, 2.75) is 13.0 Å². The van der Waals surface area contributed by atoms with E-state index in [0.29, 0.717) is 12.4 Å². The summed E-state index contributed by atoms with van der Waals surface area (Å²) in [6.45, 7) is 1.30. The summed E-state index contributed by atoms with van der Waals surface area (Å²) in [6.07, 6.45) is 7.94. The van der Waals surface area contributed by atoms with Crippen LogP contribution in [0.4, 0.5) is 0 Å². The minimum atomic E-state index is -0.371. The van der Waals surface area contributed by atoms with Gasteiger partial charge in [-0.15, -0.1) is 0 Å². The average molecular weight is 336 g/mol. The Labute approximate surface area is 142 Å². The normalized spacial score (nSPS) is 11.0. The Bertz CT molecular complexity index is 986. The van der Waals surface area contributed by atoms with Crippen molar-refractivity contribution in [2.24, 2.45) is 0 Å². The number of fused-ring (bicyclic) bond motifs is 1. The van der Waals surface area contributed by atoms with Gasteiger partial charge in [-0.2, -0.15) is 4.98 Å². The maximum Gasteiger partial charge on any atom is 0.316 e. The van der Waals surface area contributed by atoms with Crippen LogP contribution in [0.25, 0.3) is 22.3 Å². The number of aryl methyl sites for hydroxylation is 1. The lowest BCUT2D eigenvalue weighted by Crippen LogP contribution is -2.25. The molecule has 0 aliphatic carbocycles. The van der Waals surface area contributed by atoms with Gasteiger partial charge in [0.15, 0.2) is 0 Å². The van der Waals surface area contributed by atoms with E-state index in [2.05, 4.69) is 25.4 Å². The van der Waals surface area contributed by atoms with Crippen LogP contribution in [-0.4, -0.2) is 37.1 Å². The van der Waals surface area contributed by atoms with Gasteiger partial charge in [-0.05, 0) is 12.5 Å². The summed E-state index contributed by atoms with van der Waals surface area (Å²) in [4.78, 5) is 23.4. The molecule has 0 saturated carbocycles. The van der Waals surface area contributed by atoms with E-state index in [4.69, 9.17) is 4.52 Å². The number of carbonyl (C=O) groups excluding carboxylic acids is 1. The Morgan fingerprint density at radius 3 is 3.12 bits per heavy atom. The fraction of sp³-hybridized carbons (Fsp3) is 0.176. The summed E-state index contributed by atoms with van der Waals surface area (Å²) < 4.78 is 7.05. The van der Waals surface area contributed by atoms with E-state index in [1.807, 2.05) is 41.2 Å². The van der Waals surface area contributed by atoms with E-state index in [0.717, 1.165) is 29.4 Å². The molecule has 1 aromatic carbocycles. The zero-order valence-corrected chi connectivity index (χ0v) is 13.3. The molecule has 0 bridgehead atoms. The zero-order valence-electron chi connectivity index (χ0n) is 13.3. The molecule has 4 aromatic rings. The second kappa shape index (κ2) is 6.60. The van der Waals surface area contributed by atoms with Crippen molar-refractivity contribution in [1.29, 1.82) is 0 Å². The molecule has 0 unspecified atom stereocenters. The molecular formula is C17H16N6O2. The fourth-order valence-electron chi connectivity index (χ4n) is 2.64.